The zero-order valence-corrected chi connectivity index (χ0v) is 14.7. The van der Waals surface area contributed by atoms with Gasteiger partial charge in [-0.25, -0.2) is 4.79 Å². The van der Waals surface area contributed by atoms with Gasteiger partial charge in [-0.15, -0.1) is 12.4 Å². The molecule has 0 aliphatic carbocycles. The number of carbonyl (C=O) groups excluding carboxylic acids is 1. The summed E-state index contributed by atoms with van der Waals surface area (Å²) >= 11 is 0. The van der Waals surface area contributed by atoms with Gasteiger partial charge >= 0.3 is 5.97 Å². The van der Waals surface area contributed by atoms with Crippen molar-refractivity contribution >= 4 is 18.4 Å². The monoisotopic (exact) mass is 325 g/mol. The van der Waals surface area contributed by atoms with Crippen molar-refractivity contribution in [1.82, 2.24) is 4.90 Å². The minimum absolute atomic E-state index is 0. The number of nitrogens with zero attached hydrogens (tertiary/aromatic N) is 1. The number of hydrogen-bond donors (Lipinski definition) is 0. The van der Waals surface area contributed by atoms with Gasteiger partial charge in [0.1, 0.15) is 11.6 Å². The van der Waals surface area contributed by atoms with Gasteiger partial charge in [-0.1, -0.05) is 43.7 Å². The Kier molecular flexibility index (Phi) is 7.37. The topological polar surface area (TPSA) is 29.5 Å². The molecule has 0 aromatic heterocycles. The molecule has 0 N–H and O–H groups in total. The number of esters is 1. The van der Waals surface area contributed by atoms with Crippen LogP contribution in [0.1, 0.15) is 58.1 Å². The maximum Gasteiger partial charge on any atom is 0.328 e. The Balaban J connectivity index is 0.00000242. The van der Waals surface area contributed by atoms with Crippen LogP contribution in [0.25, 0.3) is 0 Å². The molecule has 0 bridgehead atoms. The molecule has 4 heteroatoms. The summed E-state index contributed by atoms with van der Waals surface area (Å²) in [6, 6.07) is 9.75. The van der Waals surface area contributed by atoms with Crippen LogP contribution in [0, 0.1) is 0 Å². The molecule has 124 valence electrons. The smallest absolute Gasteiger partial charge is 0.328 e. The van der Waals surface area contributed by atoms with E-state index in [-0.39, 0.29) is 24.4 Å². The normalized spacial score (nSPS) is 17.4. The molecular formula is C18H28ClNO2. The number of piperidine rings is 1. The van der Waals surface area contributed by atoms with Crippen LogP contribution in [0.4, 0.5) is 0 Å². The second-order valence-corrected chi connectivity index (χ2v) is 6.44. The lowest BCUT2D eigenvalue weighted by Gasteiger charge is -2.35. The first kappa shape index (κ1) is 19.0. The number of benzene rings is 1. The fourth-order valence-corrected chi connectivity index (χ4v) is 2.71. The Morgan fingerprint density at radius 2 is 1.77 bits per heavy atom. The predicted molar refractivity (Wildman–Crippen MR) is 92.3 cm³/mol. The molecule has 1 aromatic rings. The first-order valence-corrected chi connectivity index (χ1v) is 8.05. The Morgan fingerprint density at radius 1 is 1.18 bits per heavy atom. The van der Waals surface area contributed by atoms with E-state index in [4.69, 9.17) is 4.74 Å². The predicted octanol–water partition coefficient (Wildman–Crippen LogP) is 4.37. The molecule has 2 rings (SSSR count). The standard InChI is InChI=1S/C18H27NO2.ClH/c1-4-18(2,3)21-17(20)16(15-11-7-5-8-12-15)19-13-9-6-10-14-19;/h5,7-8,11-12,16H,4,6,9-10,13-14H2,1-3H3;1H. The zero-order chi connectivity index (χ0) is 15.3. The average Bonchev–Trinajstić information content (AvgIpc) is 2.49. The maximum absolute atomic E-state index is 12.8. The third kappa shape index (κ3) is 4.99. The highest BCUT2D eigenvalue weighted by Crippen LogP contribution is 2.28. The van der Waals surface area contributed by atoms with E-state index in [2.05, 4.69) is 4.90 Å². The van der Waals surface area contributed by atoms with Crippen molar-refractivity contribution < 1.29 is 9.53 Å². The molecule has 0 radical (unpaired) electrons. The van der Waals surface area contributed by atoms with E-state index in [1.807, 2.05) is 51.1 Å². The SMILES string of the molecule is CCC(C)(C)OC(=O)C(c1ccccc1)N1CCCCC1.Cl. The van der Waals surface area contributed by atoms with Gasteiger partial charge < -0.3 is 4.74 Å². The fourth-order valence-electron chi connectivity index (χ4n) is 2.71. The third-order valence-corrected chi connectivity index (χ3v) is 4.32. The summed E-state index contributed by atoms with van der Waals surface area (Å²) in [5.41, 5.74) is 0.635. The van der Waals surface area contributed by atoms with Crippen LogP contribution >= 0.6 is 12.4 Å². The summed E-state index contributed by atoms with van der Waals surface area (Å²) in [6.07, 6.45) is 4.40. The Labute approximate surface area is 140 Å². The Morgan fingerprint density at radius 3 is 2.32 bits per heavy atom. The van der Waals surface area contributed by atoms with Crippen molar-refractivity contribution in [3.63, 3.8) is 0 Å². The van der Waals surface area contributed by atoms with Crippen LogP contribution in [0.3, 0.4) is 0 Å². The van der Waals surface area contributed by atoms with Gasteiger partial charge in [0.15, 0.2) is 0 Å². The van der Waals surface area contributed by atoms with E-state index in [1.54, 1.807) is 0 Å². The molecule has 1 saturated heterocycles. The Hall–Kier alpha value is -1.06. The van der Waals surface area contributed by atoms with Crippen molar-refractivity contribution in [1.29, 1.82) is 0 Å². The van der Waals surface area contributed by atoms with Gasteiger partial charge in [0.25, 0.3) is 0 Å². The van der Waals surface area contributed by atoms with E-state index >= 15 is 0 Å². The minimum atomic E-state index is -0.403. The minimum Gasteiger partial charge on any atom is -0.458 e. The highest BCUT2D eigenvalue weighted by atomic mass is 35.5. The number of halogens is 1. The van der Waals surface area contributed by atoms with Gasteiger partial charge in [-0.2, -0.15) is 0 Å². The third-order valence-electron chi connectivity index (χ3n) is 4.32. The number of ether oxygens (including phenoxy) is 1. The van der Waals surface area contributed by atoms with Crippen LogP contribution in [0.15, 0.2) is 30.3 Å². The molecule has 0 spiro atoms. The van der Waals surface area contributed by atoms with Crippen molar-refractivity contribution in [3.8, 4) is 0 Å². The lowest BCUT2D eigenvalue weighted by molar-refractivity contribution is -0.164. The van der Waals surface area contributed by atoms with Gasteiger partial charge in [-0.05, 0) is 51.8 Å². The van der Waals surface area contributed by atoms with Crippen LogP contribution in [0.2, 0.25) is 0 Å². The van der Waals surface area contributed by atoms with Crippen LogP contribution in [0.5, 0.6) is 0 Å². The van der Waals surface area contributed by atoms with Gasteiger partial charge in [-0.3, -0.25) is 4.90 Å². The fraction of sp³-hybridized carbons (Fsp3) is 0.611. The van der Waals surface area contributed by atoms with E-state index in [9.17, 15) is 4.79 Å². The molecule has 1 fully saturated rings. The molecule has 1 aliphatic heterocycles. The zero-order valence-electron chi connectivity index (χ0n) is 13.9. The molecule has 0 amide bonds. The number of rotatable bonds is 5. The van der Waals surface area contributed by atoms with Crippen LogP contribution in [-0.2, 0) is 9.53 Å². The first-order valence-electron chi connectivity index (χ1n) is 8.05. The second kappa shape index (κ2) is 8.54. The van der Waals surface area contributed by atoms with Gasteiger partial charge in [0.05, 0.1) is 0 Å². The lowest BCUT2D eigenvalue weighted by Crippen LogP contribution is -2.41. The molecule has 1 atom stereocenters. The molecule has 0 saturated carbocycles. The highest BCUT2D eigenvalue weighted by molar-refractivity contribution is 5.85. The molecule has 1 heterocycles. The van der Waals surface area contributed by atoms with Crippen molar-refractivity contribution in [3.05, 3.63) is 35.9 Å². The average molecular weight is 326 g/mol. The summed E-state index contributed by atoms with van der Waals surface area (Å²) in [7, 11) is 0. The second-order valence-electron chi connectivity index (χ2n) is 6.44. The maximum atomic E-state index is 12.8. The number of carbonyl (C=O) groups is 1. The number of hydrogen-bond acceptors (Lipinski definition) is 3. The molecule has 1 aliphatic rings. The van der Waals surface area contributed by atoms with E-state index < -0.39 is 5.60 Å². The van der Waals surface area contributed by atoms with Gasteiger partial charge in [0, 0.05) is 0 Å². The van der Waals surface area contributed by atoms with Crippen molar-refractivity contribution in [2.45, 2.75) is 58.1 Å². The number of likely N-dealkylation sites (tertiary alicyclic amines) is 1. The molecular weight excluding hydrogens is 298 g/mol. The summed E-state index contributed by atoms with van der Waals surface area (Å²) in [6.45, 7) is 7.94. The van der Waals surface area contributed by atoms with E-state index in [0.29, 0.717) is 0 Å². The summed E-state index contributed by atoms with van der Waals surface area (Å²) in [4.78, 5) is 15.0. The molecule has 1 aromatic carbocycles. The largest absolute Gasteiger partial charge is 0.458 e. The molecule has 22 heavy (non-hydrogen) atoms. The van der Waals surface area contributed by atoms with Crippen molar-refractivity contribution in [2.75, 3.05) is 13.1 Å². The highest BCUT2D eigenvalue weighted by Gasteiger charge is 2.33. The molecule has 1 unspecified atom stereocenters. The first-order chi connectivity index (χ1) is 10.0. The van der Waals surface area contributed by atoms with Crippen LogP contribution in [-0.4, -0.2) is 29.6 Å². The van der Waals surface area contributed by atoms with E-state index in [0.717, 1.165) is 37.9 Å². The summed E-state index contributed by atoms with van der Waals surface area (Å²) in [5, 5.41) is 0. The van der Waals surface area contributed by atoms with Gasteiger partial charge in [0.2, 0.25) is 0 Å². The quantitative estimate of drug-likeness (QED) is 0.753. The van der Waals surface area contributed by atoms with E-state index in [1.165, 1.54) is 6.42 Å². The summed E-state index contributed by atoms with van der Waals surface area (Å²) in [5.74, 6) is -0.116. The van der Waals surface area contributed by atoms with Crippen molar-refractivity contribution in [2.24, 2.45) is 0 Å². The van der Waals surface area contributed by atoms with Crippen LogP contribution < -0.4 is 0 Å². The summed E-state index contributed by atoms with van der Waals surface area (Å²) < 4.78 is 5.78. The Bertz CT molecular complexity index is 455. The molecule has 3 nitrogen and oxygen atoms in total. The lowest BCUT2D eigenvalue weighted by atomic mass is 10.0.